The number of hydrogen-bond acceptors (Lipinski definition) is 4. The van der Waals surface area contributed by atoms with Crippen LogP contribution in [0.1, 0.15) is 11.1 Å². The van der Waals surface area contributed by atoms with E-state index in [4.69, 9.17) is 19.4 Å². The average molecular weight is 517 g/mol. The monoisotopic (exact) mass is 516 g/mol. The maximum Gasteiger partial charge on any atom is 0.238 e. The number of nitrogens with zero attached hydrogens (tertiary/aromatic N) is 4. The summed E-state index contributed by atoms with van der Waals surface area (Å²) in [4.78, 5) is 15.0. The zero-order valence-corrected chi connectivity index (χ0v) is 22.1. The molecule has 0 unspecified atom stereocenters. The summed E-state index contributed by atoms with van der Waals surface area (Å²) in [5.41, 5.74) is 8.11. The molecule has 0 N–H and O–H groups in total. The molecule has 5 nitrogen and oxygen atoms in total. The Balaban J connectivity index is 1.52. The molecule has 5 aromatic carbocycles. The molecular formula is C35H24N4O. The molecule has 0 saturated carbocycles. The summed E-state index contributed by atoms with van der Waals surface area (Å²) in [6.45, 7) is 4.25. The van der Waals surface area contributed by atoms with Gasteiger partial charge in [-0.25, -0.2) is 4.98 Å². The van der Waals surface area contributed by atoms with Crippen molar-refractivity contribution < 1.29 is 4.42 Å². The molecule has 0 saturated heterocycles. The van der Waals surface area contributed by atoms with E-state index in [-0.39, 0.29) is 0 Å². The van der Waals surface area contributed by atoms with Crippen LogP contribution in [0.2, 0.25) is 0 Å². The van der Waals surface area contributed by atoms with Gasteiger partial charge in [0.15, 0.2) is 11.6 Å². The van der Waals surface area contributed by atoms with Crippen molar-refractivity contribution in [3.63, 3.8) is 0 Å². The van der Waals surface area contributed by atoms with E-state index in [0.29, 0.717) is 17.6 Å². The molecular weight excluding hydrogens is 492 g/mol. The van der Waals surface area contributed by atoms with Gasteiger partial charge < -0.3 is 4.42 Å². The number of benzene rings is 5. The maximum atomic E-state index is 6.31. The highest BCUT2D eigenvalue weighted by Crippen LogP contribution is 2.41. The zero-order chi connectivity index (χ0) is 26.8. The van der Waals surface area contributed by atoms with Crippen LogP contribution in [-0.4, -0.2) is 19.5 Å². The quantitative estimate of drug-likeness (QED) is 0.235. The summed E-state index contributed by atoms with van der Waals surface area (Å²) in [6.07, 6.45) is 0. The lowest BCUT2D eigenvalue weighted by Gasteiger charge is -2.11. The molecule has 5 heteroatoms. The number of furan rings is 1. The normalized spacial score (nSPS) is 11.8. The summed E-state index contributed by atoms with van der Waals surface area (Å²) in [5, 5.41) is 4.52. The highest BCUT2D eigenvalue weighted by molar-refractivity contribution is 6.27. The van der Waals surface area contributed by atoms with E-state index >= 15 is 0 Å². The lowest BCUT2D eigenvalue weighted by atomic mass is 10.0. The van der Waals surface area contributed by atoms with Crippen molar-refractivity contribution in [2.75, 3.05) is 0 Å². The Hall–Kier alpha value is -5.29. The zero-order valence-electron chi connectivity index (χ0n) is 22.1. The van der Waals surface area contributed by atoms with Crippen molar-refractivity contribution in [2.45, 2.75) is 13.8 Å². The maximum absolute atomic E-state index is 6.31. The summed E-state index contributed by atoms with van der Waals surface area (Å²) < 4.78 is 8.48. The largest absolute Gasteiger partial charge is 0.456 e. The predicted molar refractivity (Wildman–Crippen MR) is 162 cm³/mol. The van der Waals surface area contributed by atoms with Gasteiger partial charge in [-0.3, -0.25) is 4.57 Å². The van der Waals surface area contributed by atoms with Crippen LogP contribution in [0.5, 0.6) is 0 Å². The fraction of sp³-hybridized carbons (Fsp3) is 0.0571. The molecule has 8 aromatic rings. The Labute approximate surface area is 230 Å². The first-order valence-corrected chi connectivity index (χ1v) is 13.4. The topological polar surface area (TPSA) is 56.7 Å². The predicted octanol–water partition coefficient (Wildman–Crippen LogP) is 8.82. The molecule has 0 radical (unpaired) electrons. The molecule has 0 fully saturated rings. The van der Waals surface area contributed by atoms with Crippen LogP contribution < -0.4 is 0 Å². The first-order valence-electron chi connectivity index (χ1n) is 13.4. The van der Waals surface area contributed by atoms with E-state index in [0.717, 1.165) is 54.9 Å². The highest BCUT2D eigenvalue weighted by Gasteiger charge is 2.21. The van der Waals surface area contributed by atoms with E-state index in [1.165, 1.54) is 11.1 Å². The van der Waals surface area contributed by atoms with Crippen molar-refractivity contribution in [1.82, 2.24) is 19.5 Å². The Morgan fingerprint density at radius 3 is 1.77 bits per heavy atom. The molecule has 0 spiro atoms. The first kappa shape index (κ1) is 22.7. The first-order chi connectivity index (χ1) is 19.6. The lowest BCUT2D eigenvalue weighted by Crippen LogP contribution is -2.06. The third-order valence-electron chi connectivity index (χ3n) is 7.56. The second kappa shape index (κ2) is 8.61. The van der Waals surface area contributed by atoms with Crippen molar-refractivity contribution in [3.05, 3.63) is 120 Å². The highest BCUT2D eigenvalue weighted by atomic mass is 16.3. The Morgan fingerprint density at radius 2 is 1.10 bits per heavy atom. The number of fused-ring (bicyclic) bond motifs is 7. The van der Waals surface area contributed by atoms with E-state index in [9.17, 15) is 0 Å². The van der Waals surface area contributed by atoms with Gasteiger partial charge >= 0.3 is 0 Å². The van der Waals surface area contributed by atoms with Gasteiger partial charge in [0.2, 0.25) is 5.95 Å². The average Bonchev–Trinajstić information content (AvgIpc) is 3.52. The van der Waals surface area contributed by atoms with Crippen LogP contribution in [0.15, 0.2) is 114 Å². The number of aryl methyl sites for hydroxylation is 2. The molecule has 190 valence electrons. The molecule has 0 aliphatic rings. The molecule has 0 bridgehead atoms. The summed E-state index contributed by atoms with van der Waals surface area (Å²) in [7, 11) is 0. The number of hydrogen-bond donors (Lipinski definition) is 0. The molecule has 3 heterocycles. The van der Waals surface area contributed by atoms with Gasteiger partial charge in [-0.15, -0.1) is 0 Å². The molecule has 0 aliphatic heterocycles. The van der Waals surface area contributed by atoms with Crippen LogP contribution >= 0.6 is 0 Å². The Bertz CT molecular complexity index is 2170. The Morgan fingerprint density at radius 1 is 0.525 bits per heavy atom. The van der Waals surface area contributed by atoms with Crippen molar-refractivity contribution in [2.24, 2.45) is 0 Å². The molecule has 0 aliphatic carbocycles. The van der Waals surface area contributed by atoms with Gasteiger partial charge in [0.1, 0.15) is 11.2 Å². The van der Waals surface area contributed by atoms with E-state index in [1.807, 2.05) is 60.7 Å². The molecule has 3 aromatic heterocycles. The fourth-order valence-electron chi connectivity index (χ4n) is 5.72. The number of rotatable bonds is 3. The van der Waals surface area contributed by atoms with Gasteiger partial charge in [0, 0.05) is 32.7 Å². The van der Waals surface area contributed by atoms with E-state index in [1.54, 1.807) is 0 Å². The molecule has 0 atom stereocenters. The van der Waals surface area contributed by atoms with Gasteiger partial charge in [0.05, 0.1) is 11.0 Å². The van der Waals surface area contributed by atoms with Gasteiger partial charge in [-0.05, 0) is 50.2 Å². The number of aromatic nitrogens is 4. The second-order valence-corrected chi connectivity index (χ2v) is 10.3. The smallest absolute Gasteiger partial charge is 0.238 e. The minimum atomic E-state index is 0.583. The van der Waals surface area contributed by atoms with Crippen molar-refractivity contribution in [3.8, 4) is 28.7 Å². The van der Waals surface area contributed by atoms with Gasteiger partial charge in [-0.1, -0.05) is 83.9 Å². The van der Waals surface area contributed by atoms with E-state index < -0.39 is 0 Å². The van der Waals surface area contributed by atoms with Crippen LogP contribution in [0.25, 0.3) is 72.5 Å². The standard InChI is InChI=1S/C35H24N4O/c1-21-13-15-27-25(19-21)31-28(16-18-30-32(31)26-20-22(2)14-17-29(26)40-30)39(27)35-37-33(23-9-5-3-6-10-23)36-34(38-35)24-11-7-4-8-12-24/h3-20H,1-2H3. The van der Waals surface area contributed by atoms with Crippen LogP contribution in [-0.2, 0) is 0 Å². The second-order valence-electron chi connectivity index (χ2n) is 10.3. The molecule has 40 heavy (non-hydrogen) atoms. The van der Waals surface area contributed by atoms with Gasteiger partial charge in [0.25, 0.3) is 0 Å². The summed E-state index contributed by atoms with van der Waals surface area (Å²) in [5.74, 6) is 1.86. The fourth-order valence-corrected chi connectivity index (χ4v) is 5.72. The third kappa shape index (κ3) is 3.45. The summed E-state index contributed by atoms with van der Waals surface area (Å²) in [6, 6.07) is 37.3. The van der Waals surface area contributed by atoms with Crippen molar-refractivity contribution in [1.29, 1.82) is 0 Å². The van der Waals surface area contributed by atoms with Crippen molar-refractivity contribution >= 4 is 43.7 Å². The third-order valence-corrected chi connectivity index (χ3v) is 7.56. The SMILES string of the molecule is Cc1ccc2oc3ccc4c(c5cc(C)ccc5n4-c4nc(-c5ccccc5)nc(-c5ccccc5)n4)c3c2c1. The van der Waals surface area contributed by atoms with E-state index in [2.05, 4.69) is 66.9 Å². The minimum absolute atomic E-state index is 0.583. The molecule has 8 rings (SSSR count). The van der Waals surface area contributed by atoms with Crippen LogP contribution in [0.4, 0.5) is 0 Å². The van der Waals surface area contributed by atoms with Gasteiger partial charge in [-0.2, -0.15) is 9.97 Å². The Kier molecular flexibility index (Phi) is 4.88. The molecule has 0 amide bonds. The summed E-state index contributed by atoms with van der Waals surface area (Å²) >= 11 is 0. The van der Waals surface area contributed by atoms with Crippen LogP contribution in [0, 0.1) is 13.8 Å². The van der Waals surface area contributed by atoms with Crippen LogP contribution in [0.3, 0.4) is 0 Å². The lowest BCUT2D eigenvalue weighted by molar-refractivity contribution is 0.669. The minimum Gasteiger partial charge on any atom is -0.456 e.